The third-order valence-corrected chi connectivity index (χ3v) is 3.76. The van der Waals surface area contributed by atoms with E-state index in [0.29, 0.717) is 21.9 Å². The summed E-state index contributed by atoms with van der Waals surface area (Å²) in [5.41, 5.74) is 1.26. The van der Waals surface area contributed by atoms with E-state index in [9.17, 15) is 0 Å². The second kappa shape index (κ2) is 6.08. The summed E-state index contributed by atoms with van der Waals surface area (Å²) in [7, 11) is 1.60. The van der Waals surface area contributed by atoms with E-state index in [1.807, 2.05) is 0 Å². The van der Waals surface area contributed by atoms with Gasteiger partial charge >= 0.3 is 0 Å². The molecule has 22 heavy (non-hydrogen) atoms. The van der Waals surface area contributed by atoms with Crippen molar-refractivity contribution >= 4 is 52.3 Å². The molecule has 0 N–H and O–H groups in total. The fourth-order valence-corrected chi connectivity index (χ4v) is 2.73. The summed E-state index contributed by atoms with van der Waals surface area (Å²) >= 11 is 16.5. The number of ether oxygens (including phenoxy) is 2. The van der Waals surface area contributed by atoms with E-state index >= 15 is 0 Å². The molecule has 0 bridgehead atoms. The summed E-state index contributed by atoms with van der Waals surface area (Å²) in [5.74, 6) is 1.31. The van der Waals surface area contributed by atoms with E-state index in [1.165, 1.54) is 4.57 Å². The number of methoxy groups -OCH3 is 1. The Balaban J connectivity index is 1.96. The molecule has 0 spiro atoms. The van der Waals surface area contributed by atoms with Gasteiger partial charge in [0.2, 0.25) is 0 Å². The molecule has 0 aliphatic heterocycles. The van der Waals surface area contributed by atoms with Gasteiger partial charge in [-0.3, -0.25) is 0 Å². The molecule has 112 valence electrons. The minimum Gasteiger partial charge on any atom is -0.497 e. The molecular weight excluding hydrogens is 342 g/mol. The average molecular weight is 352 g/mol. The first-order chi connectivity index (χ1) is 10.6. The first-order valence-corrected chi connectivity index (χ1v) is 7.45. The van der Waals surface area contributed by atoms with Gasteiger partial charge in [-0.05, 0) is 66.9 Å². The predicted molar refractivity (Wildman–Crippen MR) is 91.7 cm³/mol. The molecular formula is C15H10ClNO3S2. The monoisotopic (exact) mass is 351 g/mol. The number of thiocarbonyl (C=S) groups is 1. The second-order valence-electron chi connectivity index (χ2n) is 4.36. The SMILES string of the molecule is COc1ccc(OC(=S)n2c(=S)oc3ccc(Cl)cc32)cc1. The summed E-state index contributed by atoms with van der Waals surface area (Å²) in [4.78, 5) is 0.204. The molecule has 2 aromatic carbocycles. The normalized spacial score (nSPS) is 10.6. The molecule has 0 unspecified atom stereocenters. The highest BCUT2D eigenvalue weighted by molar-refractivity contribution is 7.80. The fraction of sp³-hybridized carbons (Fsp3) is 0.0667. The van der Waals surface area contributed by atoms with Crippen LogP contribution in [0.5, 0.6) is 11.5 Å². The highest BCUT2D eigenvalue weighted by atomic mass is 35.5. The number of aromatic nitrogens is 1. The lowest BCUT2D eigenvalue weighted by Gasteiger charge is -2.08. The van der Waals surface area contributed by atoms with Crippen molar-refractivity contribution in [2.45, 2.75) is 0 Å². The lowest BCUT2D eigenvalue weighted by atomic mass is 10.3. The number of hydrogen-bond acceptors (Lipinski definition) is 5. The number of rotatable bonds is 2. The van der Waals surface area contributed by atoms with Crippen molar-refractivity contribution in [1.29, 1.82) is 0 Å². The first kappa shape index (κ1) is 15.0. The maximum atomic E-state index is 6.01. The van der Waals surface area contributed by atoms with Gasteiger partial charge in [0, 0.05) is 5.02 Å². The molecule has 0 saturated heterocycles. The van der Waals surface area contributed by atoms with Crippen LogP contribution in [-0.4, -0.2) is 16.9 Å². The Bertz CT molecular complexity index is 899. The molecule has 0 aliphatic rings. The highest BCUT2D eigenvalue weighted by Gasteiger charge is 2.13. The molecule has 0 amide bonds. The molecule has 1 aromatic heterocycles. The molecule has 3 rings (SSSR count). The minimum absolute atomic E-state index is 0.163. The van der Waals surface area contributed by atoms with E-state index in [-0.39, 0.29) is 10.0 Å². The van der Waals surface area contributed by atoms with Gasteiger partial charge in [0.25, 0.3) is 10.0 Å². The zero-order chi connectivity index (χ0) is 15.7. The van der Waals surface area contributed by atoms with Gasteiger partial charge in [-0.1, -0.05) is 11.6 Å². The van der Waals surface area contributed by atoms with Crippen LogP contribution in [0.15, 0.2) is 46.9 Å². The quantitative estimate of drug-likeness (QED) is 0.617. The first-order valence-electron chi connectivity index (χ1n) is 6.26. The van der Waals surface area contributed by atoms with Gasteiger partial charge in [-0.25, -0.2) is 4.57 Å². The van der Waals surface area contributed by atoms with Gasteiger partial charge in [0.15, 0.2) is 5.58 Å². The van der Waals surface area contributed by atoms with Crippen LogP contribution in [0.1, 0.15) is 0 Å². The lowest BCUT2D eigenvalue weighted by Crippen LogP contribution is -2.16. The van der Waals surface area contributed by atoms with E-state index in [4.69, 9.17) is 49.9 Å². The zero-order valence-electron chi connectivity index (χ0n) is 11.4. The lowest BCUT2D eigenvalue weighted by molar-refractivity contribution is 0.413. The Morgan fingerprint density at radius 1 is 1.14 bits per heavy atom. The van der Waals surface area contributed by atoms with E-state index in [1.54, 1.807) is 49.6 Å². The van der Waals surface area contributed by atoms with Crippen molar-refractivity contribution in [1.82, 2.24) is 4.57 Å². The number of oxazole rings is 1. The van der Waals surface area contributed by atoms with E-state index in [0.717, 1.165) is 5.75 Å². The van der Waals surface area contributed by atoms with Crippen LogP contribution < -0.4 is 9.47 Å². The Labute approximate surface area is 141 Å². The van der Waals surface area contributed by atoms with Crippen LogP contribution in [0, 0.1) is 4.84 Å². The van der Waals surface area contributed by atoms with Crippen LogP contribution in [0.2, 0.25) is 5.02 Å². The maximum absolute atomic E-state index is 6.01. The smallest absolute Gasteiger partial charge is 0.277 e. The van der Waals surface area contributed by atoms with Crippen LogP contribution in [-0.2, 0) is 0 Å². The largest absolute Gasteiger partial charge is 0.497 e. The number of fused-ring (bicyclic) bond motifs is 1. The maximum Gasteiger partial charge on any atom is 0.277 e. The number of benzene rings is 2. The molecule has 4 nitrogen and oxygen atoms in total. The molecule has 0 aliphatic carbocycles. The van der Waals surface area contributed by atoms with Gasteiger partial charge in [0.05, 0.1) is 12.6 Å². The van der Waals surface area contributed by atoms with E-state index < -0.39 is 0 Å². The van der Waals surface area contributed by atoms with E-state index in [2.05, 4.69) is 0 Å². The highest BCUT2D eigenvalue weighted by Crippen LogP contribution is 2.23. The van der Waals surface area contributed by atoms with Crippen molar-refractivity contribution < 1.29 is 13.9 Å². The van der Waals surface area contributed by atoms with Crippen LogP contribution in [0.25, 0.3) is 11.1 Å². The number of hydrogen-bond donors (Lipinski definition) is 0. The molecule has 7 heteroatoms. The zero-order valence-corrected chi connectivity index (χ0v) is 13.8. The Morgan fingerprint density at radius 3 is 2.50 bits per heavy atom. The summed E-state index contributed by atoms with van der Waals surface area (Å²) in [6.07, 6.45) is 0. The molecule has 0 radical (unpaired) electrons. The van der Waals surface area contributed by atoms with Crippen LogP contribution in [0.3, 0.4) is 0 Å². The van der Waals surface area contributed by atoms with Crippen molar-refractivity contribution in [3.63, 3.8) is 0 Å². The van der Waals surface area contributed by atoms with Gasteiger partial charge in [-0.15, -0.1) is 0 Å². The predicted octanol–water partition coefficient (Wildman–Crippen LogP) is 4.84. The second-order valence-corrected chi connectivity index (χ2v) is 5.49. The molecule has 1 heterocycles. The number of halogens is 1. The van der Waals surface area contributed by atoms with Gasteiger partial charge in [0.1, 0.15) is 11.5 Å². The molecule has 0 saturated carbocycles. The molecule has 3 aromatic rings. The Hall–Kier alpha value is -1.89. The summed E-state index contributed by atoms with van der Waals surface area (Å²) in [6.45, 7) is 0. The van der Waals surface area contributed by atoms with Crippen molar-refractivity contribution in [2.24, 2.45) is 0 Å². The fourth-order valence-electron chi connectivity index (χ4n) is 1.95. The standard InChI is InChI=1S/C15H10ClNO3S2/c1-18-10-3-5-11(6-4-10)19-14(21)17-12-8-9(16)2-7-13(12)20-15(17)22/h2-8H,1H3. The molecule has 0 fully saturated rings. The molecule has 0 atom stereocenters. The summed E-state index contributed by atoms with van der Waals surface area (Å²) in [6, 6.07) is 12.2. The topological polar surface area (TPSA) is 36.5 Å². The van der Waals surface area contributed by atoms with Crippen molar-refractivity contribution in [3.05, 3.63) is 52.3 Å². The van der Waals surface area contributed by atoms with Crippen LogP contribution in [0.4, 0.5) is 0 Å². The third-order valence-electron chi connectivity index (χ3n) is 2.99. The van der Waals surface area contributed by atoms with Crippen molar-refractivity contribution in [2.75, 3.05) is 7.11 Å². The average Bonchev–Trinajstić information content (AvgIpc) is 2.83. The Kier molecular flexibility index (Phi) is 4.15. The third kappa shape index (κ3) is 2.85. The van der Waals surface area contributed by atoms with Crippen molar-refractivity contribution in [3.8, 4) is 11.5 Å². The van der Waals surface area contributed by atoms with Gasteiger partial charge in [-0.2, -0.15) is 0 Å². The Morgan fingerprint density at radius 2 is 1.82 bits per heavy atom. The summed E-state index contributed by atoms with van der Waals surface area (Å²) < 4.78 is 17.8. The summed E-state index contributed by atoms with van der Waals surface area (Å²) in [5, 5.41) is 0.723. The van der Waals surface area contributed by atoms with Gasteiger partial charge < -0.3 is 13.9 Å². The van der Waals surface area contributed by atoms with Crippen LogP contribution >= 0.6 is 36.0 Å². The minimum atomic E-state index is 0.163. The number of nitrogens with zero attached hydrogens (tertiary/aromatic N) is 1.